The Morgan fingerprint density at radius 2 is 2.00 bits per heavy atom. The Morgan fingerprint density at radius 1 is 1.43 bits per heavy atom. The van der Waals surface area contributed by atoms with Crippen LogP contribution in [0.15, 0.2) is 6.07 Å². The highest BCUT2D eigenvalue weighted by Crippen LogP contribution is 2.25. The van der Waals surface area contributed by atoms with Crippen LogP contribution in [0, 0.1) is 7.14 Å². The molecule has 14 heavy (non-hydrogen) atoms. The summed E-state index contributed by atoms with van der Waals surface area (Å²) in [6, 6.07) is 1.45. The minimum Gasteiger partial charge on any atom is -0.364 e. The molecule has 0 radical (unpaired) electrons. The fraction of sp³-hybridized carbons (Fsp3) is 0.143. The minimum atomic E-state index is -2.70. The number of rotatable bonds is 2. The van der Waals surface area contributed by atoms with Crippen LogP contribution >= 0.6 is 45.2 Å². The maximum absolute atomic E-state index is 12.4. The van der Waals surface area contributed by atoms with Crippen molar-refractivity contribution in [1.82, 2.24) is 4.98 Å². The number of hydrogen-bond donors (Lipinski definition) is 1. The largest absolute Gasteiger partial charge is 0.364 e. The van der Waals surface area contributed by atoms with Gasteiger partial charge in [-0.1, -0.05) is 0 Å². The van der Waals surface area contributed by atoms with Gasteiger partial charge in [-0.05, 0) is 51.2 Å². The molecule has 1 aromatic rings. The quantitative estimate of drug-likeness (QED) is 0.742. The van der Waals surface area contributed by atoms with Crippen molar-refractivity contribution in [1.29, 1.82) is 0 Å². The number of halogens is 4. The minimum absolute atomic E-state index is 0.110. The van der Waals surface area contributed by atoms with E-state index in [0.717, 1.165) is 0 Å². The Kier molecular flexibility index (Phi) is 3.98. The molecule has 0 aliphatic heterocycles. The van der Waals surface area contributed by atoms with Gasteiger partial charge in [0.25, 0.3) is 12.3 Å². The van der Waals surface area contributed by atoms with Crippen LogP contribution in [-0.2, 0) is 0 Å². The van der Waals surface area contributed by atoms with E-state index >= 15 is 0 Å². The zero-order valence-electron chi connectivity index (χ0n) is 6.60. The predicted molar refractivity (Wildman–Crippen MR) is 63.1 cm³/mol. The van der Waals surface area contributed by atoms with E-state index in [-0.39, 0.29) is 5.69 Å². The number of primary amides is 1. The summed E-state index contributed by atoms with van der Waals surface area (Å²) in [5, 5.41) is 0. The maximum atomic E-state index is 12.4. The molecular formula is C7H4F2I2N2O. The summed E-state index contributed by atoms with van der Waals surface area (Å²) in [6.07, 6.45) is -2.70. The van der Waals surface area contributed by atoms with E-state index < -0.39 is 18.0 Å². The maximum Gasteiger partial charge on any atom is 0.281 e. The summed E-state index contributed by atoms with van der Waals surface area (Å²) in [5.74, 6) is -0.798. The second-order valence-electron chi connectivity index (χ2n) is 2.35. The average molecular weight is 424 g/mol. The molecule has 0 aromatic carbocycles. The van der Waals surface area contributed by atoms with Crippen LogP contribution in [0.2, 0.25) is 0 Å². The Bertz CT molecular complexity index is 384. The molecule has 0 unspecified atom stereocenters. The lowest BCUT2D eigenvalue weighted by Gasteiger charge is -2.05. The van der Waals surface area contributed by atoms with Gasteiger partial charge in [0.1, 0.15) is 11.4 Å². The second kappa shape index (κ2) is 4.64. The summed E-state index contributed by atoms with van der Waals surface area (Å²) < 4.78 is 25.6. The number of alkyl halides is 2. The zero-order valence-corrected chi connectivity index (χ0v) is 10.9. The van der Waals surface area contributed by atoms with Crippen molar-refractivity contribution >= 4 is 51.1 Å². The van der Waals surface area contributed by atoms with Gasteiger partial charge in [-0.2, -0.15) is 0 Å². The highest BCUT2D eigenvalue weighted by molar-refractivity contribution is 14.1. The molecule has 0 spiro atoms. The molecule has 2 N–H and O–H groups in total. The lowest BCUT2D eigenvalue weighted by molar-refractivity contribution is 0.0992. The smallest absolute Gasteiger partial charge is 0.281 e. The third-order valence-electron chi connectivity index (χ3n) is 1.40. The van der Waals surface area contributed by atoms with E-state index in [4.69, 9.17) is 5.73 Å². The number of nitrogens with two attached hydrogens (primary N) is 1. The summed E-state index contributed by atoms with van der Waals surface area (Å²) >= 11 is 3.57. The van der Waals surface area contributed by atoms with Gasteiger partial charge in [-0.15, -0.1) is 0 Å². The molecule has 76 valence electrons. The van der Waals surface area contributed by atoms with Crippen LogP contribution in [-0.4, -0.2) is 10.9 Å². The topological polar surface area (TPSA) is 56.0 Å². The second-order valence-corrected chi connectivity index (χ2v) is 4.68. The zero-order chi connectivity index (χ0) is 10.9. The molecule has 3 nitrogen and oxygen atoms in total. The number of carbonyl (C=O) groups is 1. The number of hydrogen-bond acceptors (Lipinski definition) is 2. The van der Waals surface area contributed by atoms with Crippen LogP contribution in [0.1, 0.15) is 22.6 Å². The van der Waals surface area contributed by atoms with Crippen molar-refractivity contribution in [3.63, 3.8) is 0 Å². The Hall–Kier alpha value is -0.0600. The molecule has 0 bridgehead atoms. The number of pyridine rings is 1. The van der Waals surface area contributed by atoms with Gasteiger partial charge in [0.05, 0.1) is 0 Å². The van der Waals surface area contributed by atoms with Crippen LogP contribution in [0.3, 0.4) is 0 Å². The number of amides is 1. The normalized spacial score (nSPS) is 10.6. The lowest BCUT2D eigenvalue weighted by Crippen LogP contribution is -2.16. The molecule has 0 atom stereocenters. The Balaban J connectivity index is 3.34. The molecule has 0 aliphatic rings. The molecular weight excluding hydrogens is 420 g/mol. The van der Waals surface area contributed by atoms with Gasteiger partial charge in [0.15, 0.2) is 0 Å². The van der Waals surface area contributed by atoms with E-state index in [1.54, 1.807) is 22.6 Å². The molecule has 0 aliphatic carbocycles. The lowest BCUT2D eigenvalue weighted by atomic mass is 10.3. The van der Waals surface area contributed by atoms with Gasteiger partial charge >= 0.3 is 0 Å². The van der Waals surface area contributed by atoms with Gasteiger partial charge in [-0.3, -0.25) is 4.79 Å². The average Bonchev–Trinajstić information content (AvgIpc) is 2.02. The number of carbonyl (C=O) groups excluding carboxylic acids is 1. The van der Waals surface area contributed by atoms with E-state index in [1.165, 1.54) is 6.07 Å². The Labute approximate surface area is 106 Å². The van der Waals surface area contributed by atoms with Crippen LogP contribution in [0.4, 0.5) is 8.78 Å². The van der Waals surface area contributed by atoms with Gasteiger partial charge in [0, 0.05) is 7.14 Å². The molecule has 0 saturated carbocycles. The van der Waals surface area contributed by atoms with Crippen molar-refractivity contribution in [2.75, 3.05) is 0 Å². The van der Waals surface area contributed by atoms with Gasteiger partial charge < -0.3 is 5.73 Å². The highest BCUT2D eigenvalue weighted by atomic mass is 127. The van der Waals surface area contributed by atoms with E-state index in [0.29, 0.717) is 7.14 Å². The SMILES string of the molecule is NC(=O)c1nc(C(F)F)c(I)cc1I. The summed E-state index contributed by atoms with van der Waals surface area (Å²) in [6.45, 7) is 0. The standard InChI is InChI=1S/C7H4F2I2N2O/c8-6(9)4-2(10)1-3(11)5(13-4)7(12)14/h1,6H,(H2,12,14). The summed E-state index contributed by atoms with van der Waals surface area (Å²) in [7, 11) is 0. The van der Waals surface area contributed by atoms with Crippen molar-refractivity contribution in [2.24, 2.45) is 5.73 Å². The fourth-order valence-electron chi connectivity index (χ4n) is 0.807. The van der Waals surface area contributed by atoms with Crippen molar-refractivity contribution in [3.8, 4) is 0 Å². The van der Waals surface area contributed by atoms with Gasteiger partial charge in [-0.25, -0.2) is 13.8 Å². The fourth-order valence-corrected chi connectivity index (χ4v) is 2.77. The Morgan fingerprint density at radius 3 is 2.43 bits per heavy atom. The molecule has 7 heteroatoms. The first-order valence-electron chi connectivity index (χ1n) is 3.37. The van der Waals surface area contributed by atoms with Crippen LogP contribution < -0.4 is 5.73 Å². The molecule has 1 amide bonds. The third kappa shape index (κ3) is 2.49. The number of aromatic nitrogens is 1. The first-order chi connectivity index (χ1) is 6.43. The first kappa shape index (κ1) is 12.0. The predicted octanol–water partition coefficient (Wildman–Crippen LogP) is 2.33. The van der Waals surface area contributed by atoms with E-state index in [9.17, 15) is 13.6 Å². The molecule has 0 fully saturated rings. The third-order valence-corrected chi connectivity index (χ3v) is 3.08. The number of nitrogens with zero attached hydrogens (tertiary/aromatic N) is 1. The summed E-state index contributed by atoms with van der Waals surface area (Å²) in [4.78, 5) is 14.3. The molecule has 0 saturated heterocycles. The van der Waals surface area contributed by atoms with Crippen molar-refractivity contribution < 1.29 is 13.6 Å². The highest BCUT2D eigenvalue weighted by Gasteiger charge is 2.18. The van der Waals surface area contributed by atoms with Crippen LogP contribution in [0.5, 0.6) is 0 Å². The van der Waals surface area contributed by atoms with Crippen LogP contribution in [0.25, 0.3) is 0 Å². The first-order valence-corrected chi connectivity index (χ1v) is 5.53. The van der Waals surface area contributed by atoms with E-state index in [1.807, 2.05) is 22.6 Å². The molecule has 1 rings (SSSR count). The van der Waals surface area contributed by atoms with Crippen molar-refractivity contribution in [3.05, 3.63) is 24.6 Å². The van der Waals surface area contributed by atoms with Crippen molar-refractivity contribution in [2.45, 2.75) is 6.43 Å². The van der Waals surface area contributed by atoms with E-state index in [2.05, 4.69) is 4.98 Å². The molecule has 1 heterocycles. The monoisotopic (exact) mass is 424 g/mol. The van der Waals surface area contributed by atoms with Gasteiger partial charge in [0.2, 0.25) is 0 Å². The molecule has 1 aromatic heterocycles. The summed E-state index contributed by atoms with van der Waals surface area (Å²) in [5.41, 5.74) is 4.47.